The minimum atomic E-state index is -3.36. The normalized spacial score (nSPS) is 11.2. The Morgan fingerprint density at radius 1 is 1.44 bits per heavy atom. The molecule has 0 amide bonds. The highest BCUT2D eigenvalue weighted by Crippen LogP contribution is 2.30. The quantitative estimate of drug-likeness (QED) is 0.796. The molecule has 0 aliphatic rings. The highest BCUT2D eigenvalue weighted by molar-refractivity contribution is 9.10. The van der Waals surface area contributed by atoms with Crippen LogP contribution in [0, 0.1) is 6.92 Å². The summed E-state index contributed by atoms with van der Waals surface area (Å²) in [5, 5.41) is 2.88. The highest BCUT2D eigenvalue weighted by atomic mass is 79.9. The second-order valence-electron chi connectivity index (χ2n) is 2.99. The summed E-state index contributed by atoms with van der Waals surface area (Å²) >= 11 is 4.50. The van der Waals surface area contributed by atoms with Crippen molar-refractivity contribution in [2.75, 3.05) is 20.1 Å². The molecule has 8 heteroatoms. The number of likely N-dealkylation sites (N-methyl/N-ethyl adjacent to an activating group) is 1. The van der Waals surface area contributed by atoms with Crippen LogP contribution in [-0.4, -0.2) is 28.6 Å². The van der Waals surface area contributed by atoms with Crippen molar-refractivity contribution in [3.63, 3.8) is 0 Å². The first kappa shape index (κ1) is 16.3. The van der Waals surface area contributed by atoms with Crippen molar-refractivity contribution in [1.82, 2.24) is 10.0 Å². The fourth-order valence-corrected chi connectivity index (χ4v) is 4.85. The number of rotatable bonds is 5. The Hall–Kier alpha value is 0.340. The number of nitrogens with one attached hydrogen (secondary N) is 2. The zero-order chi connectivity index (χ0) is 11.5. The van der Waals surface area contributed by atoms with E-state index in [4.69, 9.17) is 0 Å². The molecule has 1 aromatic heterocycles. The molecule has 2 N–H and O–H groups in total. The fourth-order valence-electron chi connectivity index (χ4n) is 1.02. The topological polar surface area (TPSA) is 58.2 Å². The molecule has 1 aromatic rings. The predicted molar refractivity (Wildman–Crippen MR) is 73.1 cm³/mol. The molecule has 0 saturated heterocycles. The van der Waals surface area contributed by atoms with Gasteiger partial charge in [-0.1, -0.05) is 0 Å². The summed E-state index contributed by atoms with van der Waals surface area (Å²) in [5.74, 6) is 0. The Balaban J connectivity index is 0.00000225. The SMILES string of the molecule is CNCCNS(=O)(=O)c1sc(C)cc1Br.Cl. The third-order valence-electron chi connectivity index (χ3n) is 1.69. The van der Waals surface area contributed by atoms with Crippen LogP contribution >= 0.6 is 39.7 Å². The van der Waals surface area contributed by atoms with Crippen molar-refractivity contribution in [3.05, 3.63) is 15.4 Å². The van der Waals surface area contributed by atoms with Gasteiger partial charge in [-0.3, -0.25) is 0 Å². The third-order valence-corrected chi connectivity index (χ3v) is 5.89. The zero-order valence-corrected chi connectivity index (χ0v) is 12.9. The van der Waals surface area contributed by atoms with Crippen LogP contribution in [0.25, 0.3) is 0 Å². The molecule has 0 saturated carbocycles. The molecular formula is C8H14BrClN2O2S2. The van der Waals surface area contributed by atoms with Gasteiger partial charge in [0, 0.05) is 22.4 Å². The van der Waals surface area contributed by atoms with Gasteiger partial charge < -0.3 is 5.32 Å². The van der Waals surface area contributed by atoms with Crippen LogP contribution in [-0.2, 0) is 10.0 Å². The standard InChI is InChI=1S/C8H13BrN2O2S2.ClH/c1-6-5-7(9)8(14-6)15(12,13)11-4-3-10-2;/h5,10-11H,3-4H2,1-2H3;1H. The molecule has 94 valence electrons. The molecule has 16 heavy (non-hydrogen) atoms. The summed E-state index contributed by atoms with van der Waals surface area (Å²) in [6.07, 6.45) is 0. The van der Waals surface area contributed by atoms with Crippen LogP contribution in [0.4, 0.5) is 0 Å². The molecule has 0 unspecified atom stereocenters. The van der Waals surface area contributed by atoms with Crippen LogP contribution < -0.4 is 10.0 Å². The van der Waals surface area contributed by atoms with Gasteiger partial charge in [-0.15, -0.1) is 23.7 Å². The van der Waals surface area contributed by atoms with Crippen molar-refractivity contribution < 1.29 is 8.42 Å². The number of aryl methyl sites for hydroxylation is 1. The Bertz CT molecular complexity index is 433. The Labute approximate surface area is 114 Å². The summed E-state index contributed by atoms with van der Waals surface area (Å²) in [6, 6.07) is 1.80. The summed E-state index contributed by atoms with van der Waals surface area (Å²) in [4.78, 5) is 0.968. The van der Waals surface area contributed by atoms with E-state index in [1.54, 1.807) is 13.1 Å². The van der Waals surface area contributed by atoms with E-state index in [0.717, 1.165) is 4.88 Å². The first-order chi connectivity index (χ1) is 6.97. The van der Waals surface area contributed by atoms with Gasteiger partial charge in [0.15, 0.2) is 0 Å². The maximum absolute atomic E-state index is 11.8. The minimum absolute atomic E-state index is 0. The summed E-state index contributed by atoms with van der Waals surface area (Å²) in [6.45, 7) is 2.88. The van der Waals surface area contributed by atoms with Crippen molar-refractivity contribution in [1.29, 1.82) is 0 Å². The summed E-state index contributed by atoms with van der Waals surface area (Å²) < 4.78 is 27.1. The Kier molecular flexibility index (Phi) is 7.07. The van der Waals surface area contributed by atoms with E-state index in [1.165, 1.54) is 11.3 Å². The van der Waals surface area contributed by atoms with E-state index in [-0.39, 0.29) is 12.4 Å². The molecule has 1 heterocycles. The van der Waals surface area contributed by atoms with Crippen LogP contribution in [0.5, 0.6) is 0 Å². The minimum Gasteiger partial charge on any atom is -0.318 e. The average molecular weight is 350 g/mol. The molecule has 0 atom stereocenters. The molecular weight excluding hydrogens is 336 g/mol. The average Bonchev–Trinajstić information content (AvgIpc) is 2.46. The molecule has 0 aromatic carbocycles. The van der Waals surface area contributed by atoms with E-state index in [2.05, 4.69) is 26.0 Å². The number of sulfonamides is 1. The lowest BCUT2D eigenvalue weighted by Crippen LogP contribution is -2.30. The zero-order valence-electron chi connectivity index (χ0n) is 8.91. The summed E-state index contributed by atoms with van der Waals surface area (Å²) in [7, 11) is -1.58. The third kappa shape index (κ3) is 4.31. The van der Waals surface area contributed by atoms with Crippen molar-refractivity contribution in [3.8, 4) is 0 Å². The van der Waals surface area contributed by atoms with E-state index in [1.807, 2.05) is 6.92 Å². The largest absolute Gasteiger partial charge is 0.318 e. The fraction of sp³-hybridized carbons (Fsp3) is 0.500. The molecule has 0 spiro atoms. The maximum Gasteiger partial charge on any atom is 0.251 e. The number of halogens is 2. The van der Waals surface area contributed by atoms with Gasteiger partial charge in [0.05, 0.1) is 0 Å². The van der Waals surface area contributed by atoms with Crippen molar-refractivity contribution in [2.45, 2.75) is 11.1 Å². The van der Waals surface area contributed by atoms with Gasteiger partial charge in [0.25, 0.3) is 10.0 Å². The lowest BCUT2D eigenvalue weighted by molar-refractivity contribution is 0.581. The van der Waals surface area contributed by atoms with Crippen molar-refractivity contribution in [2.24, 2.45) is 0 Å². The van der Waals surface area contributed by atoms with Gasteiger partial charge >= 0.3 is 0 Å². The smallest absolute Gasteiger partial charge is 0.251 e. The summed E-state index contributed by atoms with van der Waals surface area (Å²) in [5.41, 5.74) is 0. The molecule has 0 aliphatic carbocycles. The van der Waals surface area contributed by atoms with E-state index < -0.39 is 10.0 Å². The molecule has 0 radical (unpaired) electrons. The number of hydrogen-bond donors (Lipinski definition) is 2. The van der Waals surface area contributed by atoms with Gasteiger partial charge in [-0.05, 0) is 36.0 Å². The lowest BCUT2D eigenvalue weighted by Gasteiger charge is -2.04. The van der Waals surface area contributed by atoms with Crippen LogP contribution in [0.15, 0.2) is 14.7 Å². The predicted octanol–water partition coefficient (Wildman–Crippen LogP) is 1.74. The van der Waals surface area contributed by atoms with E-state index in [0.29, 0.717) is 21.8 Å². The first-order valence-corrected chi connectivity index (χ1v) is 7.47. The number of hydrogen-bond acceptors (Lipinski definition) is 4. The van der Waals surface area contributed by atoms with E-state index >= 15 is 0 Å². The molecule has 1 rings (SSSR count). The maximum atomic E-state index is 11.8. The molecule has 4 nitrogen and oxygen atoms in total. The van der Waals surface area contributed by atoms with Gasteiger partial charge in [0.2, 0.25) is 0 Å². The second-order valence-corrected chi connectivity index (χ2v) is 7.07. The molecule has 0 bridgehead atoms. The molecule has 0 aliphatic heterocycles. The van der Waals surface area contributed by atoms with Crippen LogP contribution in [0.3, 0.4) is 0 Å². The monoisotopic (exact) mass is 348 g/mol. The van der Waals surface area contributed by atoms with Crippen LogP contribution in [0.1, 0.15) is 4.88 Å². The van der Waals surface area contributed by atoms with Gasteiger partial charge in [0.1, 0.15) is 4.21 Å². The Morgan fingerprint density at radius 2 is 2.06 bits per heavy atom. The highest BCUT2D eigenvalue weighted by Gasteiger charge is 2.19. The lowest BCUT2D eigenvalue weighted by atomic mass is 10.5. The van der Waals surface area contributed by atoms with E-state index in [9.17, 15) is 8.42 Å². The molecule has 0 fully saturated rings. The first-order valence-electron chi connectivity index (χ1n) is 4.37. The van der Waals surface area contributed by atoms with Crippen molar-refractivity contribution >= 4 is 49.7 Å². The van der Waals surface area contributed by atoms with Gasteiger partial charge in [-0.25, -0.2) is 13.1 Å². The van der Waals surface area contributed by atoms with Crippen LogP contribution in [0.2, 0.25) is 0 Å². The Morgan fingerprint density at radius 3 is 2.50 bits per heavy atom. The van der Waals surface area contributed by atoms with Gasteiger partial charge in [-0.2, -0.15) is 0 Å². The second kappa shape index (κ2) is 6.93. The number of thiophene rings is 1.